The zero-order valence-electron chi connectivity index (χ0n) is 7.05. The molecule has 14 heteroatoms. The summed E-state index contributed by atoms with van der Waals surface area (Å²) < 4.78 is 8.55. The van der Waals surface area contributed by atoms with Gasteiger partial charge in [0.25, 0.3) is 11.1 Å². The maximum atomic E-state index is 9.00. The molecular formula is C2H5Ag3NO9P. The first-order valence-corrected chi connectivity index (χ1v) is 3.68. The van der Waals surface area contributed by atoms with Crippen molar-refractivity contribution in [2.75, 3.05) is 0 Å². The molecule has 0 atom stereocenters. The van der Waals surface area contributed by atoms with Crippen LogP contribution >= 0.6 is 7.82 Å². The summed E-state index contributed by atoms with van der Waals surface area (Å²) in [6, 6.07) is 0. The fourth-order valence-corrected chi connectivity index (χ4v) is 0. The van der Waals surface area contributed by atoms with Gasteiger partial charge in [-0.25, -0.2) is 0 Å². The van der Waals surface area contributed by atoms with Crippen LogP contribution in [0.25, 0.3) is 0 Å². The average Bonchev–Trinajstić information content (AvgIpc) is 1.50. The number of carboxylic acids is 1. The van der Waals surface area contributed by atoms with Crippen molar-refractivity contribution >= 4 is 13.8 Å². The largest absolute Gasteiger partial charge is 1.00 e. The Balaban J connectivity index is -0.0000000216. The summed E-state index contributed by atoms with van der Waals surface area (Å²) in [4.78, 5) is 43.0. The van der Waals surface area contributed by atoms with E-state index in [1.165, 1.54) is 0 Å². The van der Waals surface area contributed by atoms with E-state index < -0.39 is 18.9 Å². The Kier molecular flexibility index (Phi) is 47.9. The van der Waals surface area contributed by atoms with Crippen LogP contribution in [0.15, 0.2) is 0 Å². The topological polar surface area (TPSA) is 187 Å². The number of phosphoric acid groups is 1. The zero-order chi connectivity index (χ0) is 11.7. The summed E-state index contributed by atoms with van der Waals surface area (Å²) in [5, 5.41) is 21.1. The van der Waals surface area contributed by atoms with Gasteiger partial charge in [0.15, 0.2) is 0 Å². The molecule has 0 aromatic carbocycles. The minimum Gasteiger partial charge on any atom is -0.822 e. The number of carboxylic acid groups (broad SMARTS) is 1. The Hall–Kier alpha value is 1.00. The van der Waals surface area contributed by atoms with Gasteiger partial charge in [-0.1, -0.05) is 0 Å². The van der Waals surface area contributed by atoms with Crippen molar-refractivity contribution in [1.82, 2.24) is 0 Å². The zero-order valence-corrected chi connectivity index (χ0v) is 12.4. The van der Waals surface area contributed by atoms with Gasteiger partial charge in [-0.2, -0.15) is 7.82 Å². The molecule has 0 rings (SSSR count). The van der Waals surface area contributed by atoms with E-state index >= 15 is 0 Å². The number of nitrogens with zero attached hydrogens (tertiary/aromatic N) is 1. The number of hydrogen-bond acceptors (Lipinski definition) is 7. The number of hydrogen-bond donors (Lipinski definition) is 2. The molecule has 0 heterocycles. The molecule has 0 aliphatic heterocycles. The molecule has 0 radical (unpaired) electrons. The van der Waals surface area contributed by atoms with Gasteiger partial charge in [0.1, 0.15) is 0 Å². The molecule has 0 saturated carbocycles. The molecule has 0 aliphatic carbocycles. The van der Waals surface area contributed by atoms with Crippen LogP contribution in [0.2, 0.25) is 0 Å². The third kappa shape index (κ3) is 2940. The predicted molar refractivity (Wildman–Crippen MR) is 29.7 cm³/mol. The van der Waals surface area contributed by atoms with E-state index in [4.69, 9.17) is 44.5 Å². The average molecular weight is 542 g/mol. The van der Waals surface area contributed by atoms with Crippen LogP contribution in [0.5, 0.6) is 0 Å². The second-order valence-electron chi connectivity index (χ2n) is 1.20. The number of carbonyl (C=O) groups is 1. The molecule has 16 heavy (non-hydrogen) atoms. The fourth-order valence-electron chi connectivity index (χ4n) is 0. The summed E-state index contributed by atoms with van der Waals surface area (Å²) in [6.07, 6.45) is 0. The van der Waals surface area contributed by atoms with Crippen LogP contribution in [0.1, 0.15) is 6.92 Å². The molecular weight excluding hydrogens is 537 g/mol. The first-order valence-electron chi connectivity index (χ1n) is 2.22. The summed E-state index contributed by atoms with van der Waals surface area (Å²) in [5.74, 6) is -0.833. The van der Waals surface area contributed by atoms with Gasteiger partial charge in [0.2, 0.25) is 0 Å². The van der Waals surface area contributed by atoms with E-state index in [9.17, 15) is 0 Å². The van der Waals surface area contributed by atoms with Crippen LogP contribution in [-0.2, 0) is 76.5 Å². The second kappa shape index (κ2) is 21.3. The molecule has 0 amide bonds. The van der Waals surface area contributed by atoms with Gasteiger partial charge >= 0.3 is 67.1 Å². The van der Waals surface area contributed by atoms with Crippen molar-refractivity contribution in [3.05, 3.63) is 10.1 Å². The molecule has 0 aliphatic rings. The standard InChI is InChI=1S/C2H4O2.3Ag.HNO3.H3O4P/c1-2(3)4;;;;2-1(3)4;1-5(2,3)4/h1H3,(H,3,4);;;;(H,2,3,4);(H3,1,2,3,4)/q;3*+1;;/p-3. The third-order valence-electron chi connectivity index (χ3n) is 0. The maximum Gasteiger partial charge on any atom is 1.00 e. The minimum absolute atomic E-state index is 0. The normalized spacial score (nSPS) is 6.75. The molecule has 0 saturated heterocycles. The molecule has 2 N–H and O–H groups in total. The maximum absolute atomic E-state index is 9.00. The number of aliphatic carboxylic acids is 1. The SMILES string of the molecule is CC(=O)O.O=P([O-])([O-])[O-].O=[N+]([O-])O.[Ag+].[Ag+].[Ag+]. The first-order chi connectivity index (χ1) is 5.46. The van der Waals surface area contributed by atoms with Crippen LogP contribution < -0.4 is 14.7 Å². The van der Waals surface area contributed by atoms with E-state index in [1.54, 1.807) is 0 Å². The molecule has 0 fully saturated rings. The van der Waals surface area contributed by atoms with Gasteiger partial charge in [0, 0.05) is 6.92 Å². The predicted octanol–water partition coefficient (Wildman–Crippen LogP) is -3.09. The Labute approximate surface area is 136 Å². The van der Waals surface area contributed by atoms with E-state index in [-0.39, 0.29) is 67.1 Å². The van der Waals surface area contributed by atoms with Crippen LogP contribution in [0.3, 0.4) is 0 Å². The monoisotopic (exact) mass is 539 g/mol. The fraction of sp³-hybridized carbons (Fsp3) is 0.500. The van der Waals surface area contributed by atoms with Crippen molar-refractivity contribution in [3.8, 4) is 0 Å². The molecule has 0 spiro atoms. The third-order valence-corrected chi connectivity index (χ3v) is 0. The van der Waals surface area contributed by atoms with Crippen molar-refractivity contribution < 1.29 is 107 Å². The van der Waals surface area contributed by atoms with E-state index in [2.05, 4.69) is 0 Å². The van der Waals surface area contributed by atoms with Crippen molar-refractivity contribution in [1.29, 1.82) is 0 Å². The van der Waals surface area contributed by atoms with Crippen LogP contribution in [0.4, 0.5) is 0 Å². The van der Waals surface area contributed by atoms with Gasteiger partial charge in [-0.15, -0.1) is 10.1 Å². The first kappa shape index (κ1) is 36.0. The Morgan fingerprint density at radius 2 is 1.19 bits per heavy atom. The molecule has 0 unspecified atom stereocenters. The Morgan fingerprint density at radius 3 is 1.19 bits per heavy atom. The van der Waals surface area contributed by atoms with Gasteiger partial charge in [-0.3, -0.25) is 4.79 Å². The van der Waals surface area contributed by atoms with Crippen molar-refractivity contribution in [3.63, 3.8) is 0 Å². The Bertz CT molecular complexity index is 177. The smallest absolute Gasteiger partial charge is 0.822 e. The van der Waals surface area contributed by atoms with E-state index in [0.717, 1.165) is 6.92 Å². The van der Waals surface area contributed by atoms with Gasteiger partial charge < -0.3 is 29.6 Å². The van der Waals surface area contributed by atoms with Crippen LogP contribution in [0, 0.1) is 10.1 Å². The van der Waals surface area contributed by atoms with Gasteiger partial charge in [-0.05, 0) is 0 Å². The molecule has 0 bridgehead atoms. The second-order valence-corrected chi connectivity index (χ2v) is 2.10. The summed E-state index contributed by atoms with van der Waals surface area (Å²) in [7, 11) is -5.39. The van der Waals surface area contributed by atoms with Crippen molar-refractivity contribution in [2.45, 2.75) is 6.92 Å². The number of rotatable bonds is 0. The molecule has 10 nitrogen and oxygen atoms in total. The molecule has 110 valence electrons. The van der Waals surface area contributed by atoms with Crippen LogP contribution in [-0.4, -0.2) is 21.4 Å². The molecule has 0 aromatic heterocycles. The van der Waals surface area contributed by atoms with E-state index in [1.807, 2.05) is 0 Å². The Morgan fingerprint density at radius 1 is 1.19 bits per heavy atom. The molecule has 0 aromatic rings. The van der Waals surface area contributed by atoms with E-state index in [0.29, 0.717) is 0 Å². The summed E-state index contributed by atoms with van der Waals surface area (Å²) >= 11 is 0. The minimum atomic E-state index is -5.39. The van der Waals surface area contributed by atoms with Gasteiger partial charge in [0.05, 0.1) is 0 Å². The summed E-state index contributed by atoms with van der Waals surface area (Å²) in [5.41, 5.74) is 0. The van der Waals surface area contributed by atoms with Crippen molar-refractivity contribution in [2.24, 2.45) is 0 Å². The quantitative estimate of drug-likeness (QED) is 0.139. The summed E-state index contributed by atoms with van der Waals surface area (Å²) in [6.45, 7) is 1.08.